The van der Waals surface area contributed by atoms with Crippen LogP contribution in [0, 0.1) is 0 Å². The molecule has 572 valence electrons. The second-order valence-corrected chi connectivity index (χ2v) is 29.6. The molecule has 0 fully saturated rings. The van der Waals surface area contributed by atoms with Crippen LogP contribution in [0.5, 0.6) is 0 Å². The second kappa shape index (κ2) is 72.1. The van der Waals surface area contributed by atoms with Crippen molar-refractivity contribution in [1.82, 2.24) is 0 Å². The van der Waals surface area contributed by atoms with Crippen LogP contribution in [-0.2, 0) is 65.4 Å². The molecule has 0 heterocycles. The van der Waals surface area contributed by atoms with E-state index >= 15 is 0 Å². The lowest BCUT2D eigenvalue weighted by Gasteiger charge is -2.21. The topological polar surface area (TPSA) is 237 Å². The molecular formula is C79H144O17P2. The third-order valence-corrected chi connectivity index (χ3v) is 18.8. The van der Waals surface area contributed by atoms with Gasteiger partial charge in [-0.15, -0.1) is 0 Å². The predicted molar refractivity (Wildman–Crippen MR) is 400 cm³/mol. The molecule has 0 aliphatic rings. The van der Waals surface area contributed by atoms with E-state index in [0.717, 1.165) is 161 Å². The maximum absolute atomic E-state index is 13.1. The van der Waals surface area contributed by atoms with Crippen LogP contribution in [0.25, 0.3) is 0 Å². The summed E-state index contributed by atoms with van der Waals surface area (Å²) in [6, 6.07) is 0. The van der Waals surface area contributed by atoms with E-state index in [0.29, 0.717) is 25.7 Å². The minimum absolute atomic E-state index is 0.0807. The molecule has 0 saturated carbocycles. The van der Waals surface area contributed by atoms with Gasteiger partial charge in [0.15, 0.2) is 12.2 Å². The summed E-state index contributed by atoms with van der Waals surface area (Å²) in [6.45, 7) is 4.80. The summed E-state index contributed by atoms with van der Waals surface area (Å²) in [5.41, 5.74) is 0. The molecule has 98 heavy (non-hydrogen) atoms. The van der Waals surface area contributed by atoms with Crippen molar-refractivity contribution in [3.8, 4) is 0 Å². The maximum Gasteiger partial charge on any atom is 0.472 e. The van der Waals surface area contributed by atoms with Crippen molar-refractivity contribution < 1.29 is 80.2 Å². The minimum atomic E-state index is -4.97. The highest BCUT2D eigenvalue weighted by Gasteiger charge is 2.30. The minimum Gasteiger partial charge on any atom is -0.462 e. The number of phosphoric ester groups is 2. The molecule has 0 aromatic carbocycles. The normalized spacial score (nSPS) is 14.2. The largest absolute Gasteiger partial charge is 0.472 e. The van der Waals surface area contributed by atoms with Gasteiger partial charge in [-0.25, -0.2) is 9.13 Å². The first kappa shape index (κ1) is 94.8. The van der Waals surface area contributed by atoms with Crippen LogP contribution in [-0.4, -0.2) is 96.7 Å². The van der Waals surface area contributed by atoms with Crippen LogP contribution in [0.1, 0.15) is 362 Å². The van der Waals surface area contributed by atoms with Gasteiger partial charge in [0, 0.05) is 25.7 Å². The monoisotopic (exact) mass is 1430 g/mol. The van der Waals surface area contributed by atoms with Crippen molar-refractivity contribution in [1.29, 1.82) is 0 Å². The summed E-state index contributed by atoms with van der Waals surface area (Å²) in [7, 11) is -9.94. The third kappa shape index (κ3) is 71.2. The number of esters is 4. The zero-order chi connectivity index (χ0) is 71.8. The second-order valence-electron chi connectivity index (χ2n) is 26.7. The molecule has 0 radical (unpaired) electrons. The van der Waals surface area contributed by atoms with Crippen LogP contribution in [0.15, 0.2) is 60.8 Å². The molecule has 0 rings (SSSR count). The molecule has 0 amide bonds. The molecule has 3 N–H and O–H groups in total. The van der Waals surface area contributed by atoms with Crippen molar-refractivity contribution in [3.05, 3.63) is 60.8 Å². The summed E-state index contributed by atoms with van der Waals surface area (Å²) in [4.78, 5) is 72.9. The molecule has 0 aromatic heterocycles. The van der Waals surface area contributed by atoms with Crippen LogP contribution in [0.2, 0.25) is 0 Å². The van der Waals surface area contributed by atoms with Crippen LogP contribution in [0.3, 0.4) is 0 Å². The quantitative estimate of drug-likeness (QED) is 0.0169. The Morgan fingerprint density at radius 1 is 0.286 bits per heavy atom. The average Bonchev–Trinajstić information content (AvgIpc) is 1.07. The number of carbonyl (C=O) groups is 4. The summed E-state index contributed by atoms with van der Waals surface area (Å²) in [5.74, 6) is -2.18. The fourth-order valence-corrected chi connectivity index (χ4v) is 12.5. The first-order chi connectivity index (χ1) is 47.7. The van der Waals surface area contributed by atoms with Crippen LogP contribution < -0.4 is 0 Å². The number of rotatable bonds is 75. The molecule has 17 nitrogen and oxygen atoms in total. The molecule has 0 saturated heterocycles. The van der Waals surface area contributed by atoms with Crippen LogP contribution in [0.4, 0.5) is 0 Å². The summed E-state index contributed by atoms with van der Waals surface area (Å²) in [6.07, 6.45) is 70.5. The Hall–Kier alpha value is -3.24. The molecule has 5 atom stereocenters. The molecule has 0 spiro atoms. The molecule has 0 bridgehead atoms. The van der Waals surface area contributed by atoms with Crippen molar-refractivity contribution in [2.45, 2.75) is 380 Å². The summed E-state index contributed by atoms with van der Waals surface area (Å²) >= 11 is 0. The highest BCUT2D eigenvalue weighted by Crippen LogP contribution is 2.45. The molecule has 0 aromatic rings. The Balaban J connectivity index is 5.33. The van der Waals surface area contributed by atoms with E-state index in [2.05, 4.69) is 88.5 Å². The molecule has 0 aliphatic carbocycles. The molecule has 5 unspecified atom stereocenters. The number of aliphatic hydroxyl groups is 1. The van der Waals surface area contributed by atoms with E-state index in [1.54, 1.807) is 0 Å². The maximum atomic E-state index is 13.1. The van der Waals surface area contributed by atoms with Crippen molar-refractivity contribution in [3.63, 3.8) is 0 Å². The standard InChI is InChI=1S/C79H144O17P2/c1-5-9-13-17-21-25-29-33-36-40-43-47-51-55-59-63-76(81)89-69-74(95-78(83)65-61-57-53-49-45-39-32-28-24-20-16-12-8-4)71-93-97(85,86)91-67-73(80)68-92-98(87,88)94-72-75(96-79(84)66-62-58-54-50-46-42-38-35-31-27-23-19-15-11-7-3)70-90-77(82)64-60-56-52-48-44-41-37-34-30-26-22-18-14-10-6-2/h16,20,22,26,28,32-34,36-37,73-75,80H,5-15,17-19,21,23-25,27,29-31,35,38-72H2,1-4H3,(H,85,86)(H,87,88)/b20-16-,26-22-,32-28-,36-33-,37-34-. The van der Waals surface area contributed by atoms with Gasteiger partial charge in [0.25, 0.3) is 0 Å². The number of aliphatic hydroxyl groups excluding tert-OH is 1. The first-order valence-corrected chi connectivity index (χ1v) is 42.5. The van der Waals surface area contributed by atoms with Gasteiger partial charge < -0.3 is 33.8 Å². The number of unbranched alkanes of at least 4 members (excludes halogenated alkanes) is 39. The predicted octanol–water partition coefficient (Wildman–Crippen LogP) is 22.7. The SMILES string of the molecule is CCC/C=C\C/C=C\CCCCCCCC(=O)OC(COC(=O)CCCCCCC/C=C\CCCCCCCC)COP(=O)(O)OCC(O)COP(=O)(O)OCC(COC(=O)CCCCCCC/C=C\C/C=C\CCCCC)OC(=O)CCCCCCCCCCCCCCCCC. The zero-order valence-corrected chi connectivity index (χ0v) is 64.3. The molecule has 0 aliphatic heterocycles. The fourth-order valence-electron chi connectivity index (χ4n) is 10.9. The molecule has 19 heteroatoms. The van der Waals surface area contributed by atoms with Gasteiger partial charge in [-0.05, 0) is 109 Å². The highest BCUT2D eigenvalue weighted by molar-refractivity contribution is 7.47. The Morgan fingerprint density at radius 2 is 0.520 bits per heavy atom. The van der Waals surface area contributed by atoms with Crippen LogP contribution >= 0.6 is 15.6 Å². The number of carbonyl (C=O) groups excluding carboxylic acids is 4. The average molecular weight is 1430 g/mol. The smallest absolute Gasteiger partial charge is 0.462 e. The number of ether oxygens (including phenoxy) is 4. The first-order valence-electron chi connectivity index (χ1n) is 39.5. The summed E-state index contributed by atoms with van der Waals surface area (Å²) in [5, 5.41) is 10.6. The Kier molecular flexibility index (Phi) is 69.7. The van der Waals surface area contributed by atoms with Crippen molar-refractivity contribution in [2.24, 2.45) is 0 Å². The van der Waals surface area contributed by atoms with Gasteiger partial charge in [0.1, 0.15) is 19.3 Å². The number of hydrogen-bond donors (Lipinski definition) is 3. The highest BCUT2D eigenvalue weighted by atomic mass is 31.2. The number of allylic oxidation sites excluding steroid dienone is 10. The van der Waals surface area contributed by atoms with E-state index in [4.69, 9.17) is 37.0 Å². The van der Waals surface area contributed by atoms with Crippen molar-refractivity contribution in [2.75, 3.05) is 39.6 Å². The Labute approximate surface area is 597 Å². The van der Waals surface area contributed by atoms with Gasteiger partial charge in [-0.2, -0.15) is 0 Å². The Bertz CT molecular complexity index is 2100. The van der Waals surface area contributed by atoms with Gasteiger partial charge in [-0.3, -0.25) is 37.3 Å². The fraction of sp³-hybridized carbons (Fsp3) is 0.823. The number of hydrogen-bond acceptors (Lipinski definition) is 15. The van der Waals surface area contributed by atoms with E-state index in [1.807, 2.05) is 0 Å². The van der Waals surface area contributed by atoms with Gasteiger partial charge >= 0.3 is 39.5 Å². The van der Waals surface area contributed by atoms with E-state index < -0.39 is 97.5 Å². The van der Waals surface area contributed by atoms with Gasteiger partial charge in [0.2, 0.25) is 0 Å². The van der Waals surface area contributed by atoms with Gasteiger partial charge in [0.05, 0.1) is 26.4 Å². The van der Waals surface area contributed by atoms with E-state index in [-0.39, 0.29) is 25.7 Å². The van der Waals surface area contributed by atoms with Gasteiger partial charge in [-0.1, -0.05) is 288 Å². The lowest BCUT2D eigenvalue weighted by Crippen LogP contribution is -2.30. The van der Waals surface area contributed by atoms with E-state index in [9.17, 15) is 43.2 Å². The lowest BCUT2D eigenvalue weighted by atomic mass is 10.0. The third-order valence-electron chi connectivity index (χ3n) is 16.9. The molecular weight excluding hydrogens is 1280 g/mol. The van der Waals surface area contributed by atoms with Crippen molar-refractivity contribution >= 4 is 39.5 Å². The lowest BCUT2D eigenvalue weighted by molar-refractivity contribution is -0.161. The van der Waals surface area contributed by atoms with E-state index in [1.165, 1.54) is 122 Å². The zero-order valence-electron chi connectivity index (χ0n) is 62.5. The summed E-state index contributed by atoms with van der Waals surface area (Å²) < 4.78 is 68.5. The number of phosphoric acid groups is 2. The Morgan fingerprint density at radius 3 is 0.827 bits per heavy atom.